The van der Waals surface area contributed by atoms with Gasteiger partial charge < -0.3 is 14.9 Å². The Kier molecular flexibility index (Phi) is 29.4. The number of hydrogen-bond donors (Lipinski definition) is 3. The Hall–Kier alpha value is 5.22. The number of aliphatic hydroxyl groups excluding tert-OH is 1. The topological polar surface area (TPSA) is 123 Å². The van der Waals surface area contributed by atoms with E-state index < -0.39 is 28.5 Å². The maximum atomic E-state index is 10.8. The van der Waals surface area contributed by atoms with Crippen LogP contribution in [0.3, 0.4) is 0 Å². The Morgan fingerprint density at radius 2 is 1.47 bits per heavy atom. The van der Waals surface area contributed by atoms with E-state index in [-0.39, 0.29) is 148 Å². The molecule has 0 aromatic carbocycles. The SMILES string of the molecule is O=P(O)(O)OP1(=O)OC(CO)O1.[NaH].[NaH].[NaH].[NaH].[NaH]. The van der Waals surface area contributed by atoms with E-state index in [1.165, 1.54) is 0 Å². The molecular formula is C2H11Na5O8P2. The second kappa shape index (κ2) is 14.8. The number of rotatable bonds is 3. The second-order valence-corrected chi connectivity index (χ2v) is 4.79. The Labute approximate surface area is 209 Å². The number of phosphoric ester groups is 1. The molecule has 0 amide bonds. The third-order valence-electron chi connectivity index (χ3n) is 0.849. The standard InChI is InChI=1S/C2H6O8P2.5Na.5H/c3-1-2-8-12(7,9-2)10-11(4,5)6;;;;;;;;;;/h2-3H,1H2,(H2,4,5,6);;;;;;;;;;. The quantitative estimate of drug-likeness (QED) is 0.355. The van der Waals surface area contributed by atoms with Crippen LogP contribution in [-0.4, -0.2) is 176 Å². The summed E-state index contributed by atoms with van der Waals surface area (Å²) >= 11 is 0. The van der Waals surface area contributed by atoms with Crippen molar-refractivity contribution in [3.8, 4) is 0 Å². The van der Waals surface area contributed by atoms with Gasteiger partial charge in [0.2, 0.25) is 6.29 Å². The number of phosphoric acid groups is 2. The predicted molar refractivity (Wildman–Crippen MR) is 69.5 cm³/mol. The van der Waals surface area contributed by atoms with Gasteiger partial charge in [-0.15, -0.1) is 0 Å². The summed E-state index contributed by atoms with van der Waals surface area (Å²) in [6, 6.07) is 0. The van der Waals surface area contributed by atoms with Gasteiger partial charge in [-0.25, -0.2) is 9.13 Å². The molecule has 3 N–H and O–H groups in total. The van der Waals surface area contributed by atoms with Crippen molar-refractivity contribution < 1.29 is 37.4 Å². The van der Waals surface area contributed by atoms with Gasteiger partial charge >= 0.3 is 163 Å². The fourth-order valence-electron chi connectivity index (χ4n) is 0.531. The summed E-state index contributed by atoms with van der Waals surface area (Å²) < 4.78 is 33.0. The molecule has 1 saturated heterocycles. The van der Waals surface area contributed by atoms with Crippen LogP contribution in [0.1, 0.15) is 0 Å². The minimum atomic E-state index is -4.88. The number of aliphatic hydroxyl groups is 1. The first-order valence-corrected chi connectivity index (χ1v) is 5.68. The van der Waals surface area contributed by atoms with Crippen LogP contribution in [0.4, 0.5) is 0 Å². The van der Waals surface area contributed by atoms with Gasteiger partial charge in [0, 0.05) is 0 Å². The fourth-order valence-corrected chi connectivity index (χ4v) is 2.61. The summed E-state index contributed by atoms with van der Waals surface area (Å²) in [6.45, 7) is -0.561. The molecule has 0 unspecified atom stereocenters. The Morgan fingerprint density at radius 3 is 1.71 bits per heavy atom. The van der Waals surface area contributed by atoms with Crippen molar-refractivity contribution in [1.29, 1.82) is 0 Å². The fraction of sp³-hybridized carbons (Fsp3) is 1.00. The molecule has 0 saturated carbocycles. The molecule has 0 aromatic heterocycles. The zero-order chi connectivity index (χ0) is 9.41. The van der Waals surface area contributed by atoms with Crippen molar-refractivity contribution in [2.45, 2.75) is 6.29 Å². The summed E-state index contributed by atoms with van der Waals surface area (Å²) in [5.41, 5.74) is 0. The van der Waals surface area contributed by atoms with Crippen LogP contribution >= 0.6 is 15.6 Å². The van der Waals surface area contributed by atoms with Gasteiger partial charge in [0.15, 0.2) is 0 Å². The van der Waals surface area contributed by atoms with E-state index in [2.05, 4.69) is 13.4 Å². The monoisotopic (exact) mass is 340 g/mol. The molecule has 15 heteroatoms. The van der Waals surface area contributed by atoms with Crippen molar-refractivity contribution in [3.63, 3.8) is 0 Å². The Bertz CT molecular complexity index is 259. The van der Waals surface area contributed by atoms with Crippen molar-refractivity contribution in [2.24, 2.45) is 0 Å². The van der Waals surface area contributed by atoms with Gasteiger partial charge in [-0.05, 0) is 0 Å². The van der Waals surface area contributed by atoms with Crippen LogP contribution in [0.5, 0.6) is 0 Å². The van der Waals surface area contributed by atoms with Gasteiger partial charge in [0.1, 0.15) is 0 Å². The van der Waals surface area contributed by atoms with Crippen LogP contribution in [-0.2, 0) is 22.5 Å². The molecule has 1 aliphatic rings. The molecule has 0 aromatic rings. The molecule has 17 heavy (non-hydrogen) atoms. The van der Waals surface area contributed by atoms with Crippen LogP contribution in [0.15, 0.2) is 0 Å². The van der Waals surface area contributed by atoms with Gasteiger partial charge in [-0.3, -0.25) is 9.05 Å². The van der Waals surface area contributed by atoms with Crippen molar-refractivity contribution in [3.05, 3.63) is 0 Å². The number of hydrogen-bond acceptors (Lipinski definition) is 6. The summed E-state index contributed by atoms with van der Waals surface area (Å²) in [5, 5.41) is 8.30. The average Bonchev–Trinajstić information content (AvgIpc) is 1.78. The molecular weight excluding hydrogens is 329 g/mol. The van der Waals surface area contributed by atoms with Crippen molar-refractivity contribution >= 4 is 163 Å². The molecule has 8 nitrogen and oxygen atoms in total. The molecule has 1 rings (SSSR count). The third-order valence-corrected chi connectivity index (χ3v) is 3.49. The molecule has 0 atom stereocenters. The van der Waals surface area contributed by atoms with Gasteiger partial charge in [-0.1, -0.05) is 0 Å². The van der Waals surface area contributed by atoms with Crippen molar-refractivity contribution in [1.82, 2.24) is 0 Å². The molecule has 1 fully saturated rings. The first-order valence-electron chi connectivity index (χ1n) is 2.69. The van der Waals surface area contributed by atoms with Crippen LogP contribution < -0.4 is 0 Å². The average molecular weight is 340 g/mol. The second-order valence-electron chi connectivity index (χ2n) is 1.84. The van der Waals surface area contributed by atoms with E-state index in [1.54, 1.807) is 0 Å². The molecule has 0 radical (unpaired) electrons. The molecule has 1 aliphatic heterocycles. The van der Waals surface area contributed by atoms with E-state index in [1.807, 2.05) is 0 Å². The molecule has 0 aliphatic carbocycles. The van der Waals surface area contributed by atoms with E-state index >= 15 is 0 Å². The van der Waals surface area contributed by atoms with E-state index in [0.29, 0.717) is 0 Å². The Balaban J connectivity index is -0.0000000960. The first-order chi connectivity index (χ1) is 5.35. The van der Waals surface area contributed by atoms with Crippen molar-refractivity contribution in [2.75, 3.05) is 6.61 Å². The van der Waals surface area contributed by atoms with Crippen LogP contribution in [0.25, 0.3) is 0 Å². The molecule has 1 heterocycles. The van der Waals surface area contributed by atoms with E-state index in [4.69, 9.17) is 14.9 Å². The van der Waals surface area contributed by atoms with Gasteiger partial charge in [0.25, 0.3) is 0 Å². The van der Waals surface area contributed by atoms with E-state index in [9.17, 15) is 9.13 Å². The maximum absolute atomic E-state index is 10.8. The van der Waals surface area contributed by atoms with Crippen LogP contribution in [0, 0.1) is 0 Å². The summed E-state index contributed by atoms with van der Waals surface area (Å²) in [6.07, 6.45) is -1.14. The summed E-state index contributed by atoms with van der Waals surface area (Å²) in [7, 11) is -8.99. The summed E-state index contributed by atoms with van der Waals surface area (Å²) in [5.74, 6) is 0. The Morgan fingerprint density at radius 1 is 1.12 bits per heavy atom. The normalized spacial score (nSPS) is 25.5. The van der Waals surface area contributed by atoms with Crippen LogP contribution in [0.2, 0.25) is 0 Å². The first kappa shape index (κ1) is 33.7. The molecule has 0 spiro atoms. The van der Waals surface area contributed by atoms with Gasteiger partial charge in [-0.2, -0.15) is 4.31 Å². The molecule has 0 bridgehead atoms. The zero-order valence-electron chi connectivity index (χ0n) is 5.56. The molecule has 82 valence electrons. The predicted octanol–water partition coefficient (Wildman–Crippen LogP) is -3.67. The zero-order valence-corrected chi connectivity index (χ0v) is 7.35. The van der Waals surface area contributed by atoms with E-state index in [0.717, 1.165) is 0 Å². The third kappa shape index (κ3) is 14.5. The summed E-state index contributed by atoms with van der Waals surface area (Å²) in [4.78, 5) is 16.3. The van der Waals surface area contributed by atoms with Gasteiger partial charge in [0.05, 0.1) is 6.61 Å². The minimum absolute atomic E-state index is 0.